The zero-order chi connectivity index (χ0) is 24.5. The predicted octanol–water partition coefficient (Wildman–Crippen LogP) is 7.38. The largest absolute Gasteiger partial charge is 0.364 e. The van der Waals surface area contributed by atoms with Gasteiger partial charge in [-0.05, 0) is 78.9 Å². The highest BCUT2D eigenvalue weighted by Crippen LogP contribution is 2.40. The van der Waals surface area contributed by atoms with Crippen molar-refractivity contribution in [3.05, 3.63) is 92.1 Å². The predicted molar refractivity (Wildman–Crippen MR) is 137 cm³/mol. The molecule has 0 radical (unpaired) electrons. The van der Waals surface area contributed by atoms with Gasteiger partial charge in [0.05, 0.1) is 16.0 Å². The Hall–Kier alpha value is -1.54. The van der Waals surface area contributed by atoms with Crippen LogP contribution in [0, 0.1) is 11.7 Å². The number of anilines is 1. The number of nitrogens with one attached hydrogen (secondary N) is 1. The molecule has 0 aliphatic carbocycles. The molecule has 1 saturated heterocycles. The van der Waals surface area contributed by atoms with Gasteiger partial charge in [0.1, 0.15) is 5.82 Å². The van der Waals surface area contributed by atoms with Crippen LogP contribution in [-0.2, 0) is 10.0 Å². The third-order valence-electron chi connectivity index (χ3n) is 5.92. The van der Waals surface area contributed by atoms with Crippen LogP contribution in [0.25, 0.3) is 0 Å². The molecule has 1 aliphatic heterocycles. The second kappa shape index (κ2) is 10.6. The molecule has 180 valence electrons. The second-order valence-corrected chi connectivity index (χ2v) is 11.6. The maximum Gasteiger partial charge on any atom is 0.240 e. The van der Waals surface area contributed by atoms with Crippen LogP contribution >= 0.6 is 46.4 Å². The lowest BCUT2D eigenvalue weighted by atomic mass is 9.88. The first-order chi connectivity index (χ1) is 16.1. The molecule has 1 aliphatic rings. The molecule has 2 atom stereocenters. The number of halogens is 5. The zero-order valence-electron chi connectivity index (χ0n) is 17.8. The molecule has 0 spiro atoms. The number of piperidine rings is 1. The lowest BCUT2D eigenvalue weighted by Gasteiger charge is -2.42. The van der Waals surface area contributed by atoms with Crippen LogP contribution in [0.4, 0.5) is 10.1 Å². The molecule has 0 aromatic heterocycles. The van der Waals surface area contributed by atoms with E-state index < -0.39 is 15.8 Å². The van der Waals surface area contributed by atoms with Gasteiger partial charge in [0.15, 0.2) is 0 Å². The van der Waals surface area contributed by atoms with Crippen molar-refractivity contribution in [3.63, 3.8) is 0 Å². The van der Waals surface area contributed by atoms with Crippen molar-refractivity contribution in [1.29, 1.82) is 0 Å². The monoisotopic (exact) mass is 560 g/mol. The number of hydrogen-bond donors (Lipinski definition) is 1. The summed E-state index contributed by atoms with van der Waals surface area (Å²) in [5.41, 5.74) is 1.92. The SMILES string of the molecule is O=S(=O)(NCC1CCC(c2ccc(Cl)cc2Cl)N(c2ccc(Cl)cc2)C1)c1ccc(F)c(Cl)c1. The summed E-state index contributed by atoms with van der Waals surface area (Å²) in [6.07, 6.45) is 1.54. The minimum Gasteiger partial charge on any atom is -0.364 e. The fraction of sp³-hybridized carbons (Fsp3) is 0.250. The van der Waals surface area contributed by atoms with Crippen LogP contribution in [0.5, 0.6) is 0 Å². The smallest absolute Gasteiger partial charge is 0.240 e. The summed E-state index contributed by atoms with van der Waals surface area (Å²) in [7, 11) is -3.84. The van der Waals surface area contributed by atoms with Crippen LogP contribution < -0.4 is 9.62 Å². The van der Waals surface area contributed by atoms with Gasteiger partial charge in [-0.15, -0.1) is 0 Å². The fourth-order valence-electron chi connectivity index (χ4n) is 4.18. The minimum absolute atomic E-state index is 0.00490. The normalized spacial score (nSPS) is 18.8. The Bertz CT molecular complexity index is 1290. The van der Waals surface area contributed by atoms with E-state index in [0.29, 0.717) is 21.6 Å². The standard InChI is InChI=1S/C24H21Cl4FN2O2S/c25-16-2-5-18(6-3-16)31-14-15(1-10-24(31)20-8-4-17(26)11-21(20)27)13-30-34(32,33)19-7-9-23(29)22(28)12-19/h2-9,11-12,15,24,30H,1,10,13-14H2. The summed E-state index contributed by atoms with van der Waals surface area (Å²) < 4.78 is 41.6. The van der Waals surface area contributed by atoms with Crippen molar-refractivity contribution in [2.24, 2.45) is 5.92 Å². The molecule has 0 amide bonds. The van der Waals surface area contributed by atoms with Gasteiger partial charge in [0, 0.05) is 33.8 Å². The molecule has 1 heterocycles. The fourth-order valence-corrected chi connectivity index (χ4v) is 6.23. The van der Waals surface area contributed by atoms with Crippen molar-refractivity contribution in [3.8, 4) is 0 Å². The number of benzene rings is 3. The highest BCUT2D eigenvalue weighted by molar-refractivity contribution is 7.89. The van der Waals surface area contributed by atoms with Gasteiger partial charge in [-0.1, -0.05) is 52.5 Å². The van der Waals surface area contributed by atoms with Gasteiger partial charge in [-0.2, -0.15) is 0 Å². The van der Waals surface area contributed by atoms with Crippen molar-refractivity contribution in [2.75, 3.05) is 18.0 Å². The first-order valence-electron chi connectivity index (χ1n) is 10.6. The second-order valence-electron chi connectivity index (χ2n) is 8.18. The van der Waals surface area contributed by atoms with Gasteiger partial charge in [0.2, 0.25) is 10.0 Å². The molecule has 1 N–H and O–H groups in total. The van der Waals surface area contributed by atoms with Crippen molar-refractivity contribution in [1.82, 2.24) is 4.72 Å². The topological polar surface area (TPSA) is 49.4 Å². The Labute approximate surface area is 218 Å². The van der Waals surface area contributed by atoms with Crippen LogP contribution in [-0.4, -0.2) is 21.5 Å². The number of rotatable bonds is 6. The Morgan fingerprint density at radius 1 is 0.882 bits per heavy atom. The Morgan fingerprint density at radius 2 is 1.59 bits per heavy atom. The third kappa shape index (κ3) is 5.81. The molecule has 10 heteroatoms. The highest BCUT2D eigenvalue weighted by Gasteiger charge is 2.31. The van der Waals surface area contributed by atoms with E-state index in [1.54, 1.807) is 6.07 Å². The van der Waals surface area contributed by atoms with Crippen LogP contribution in [0.2, 0.25) is 20.1 Å². The Kier molecular flexibility index (Phi) is 7.97. The van der Waals surface area contributed by atoms with Crippen molar-refractivity contribution < 1.29 is 12.8 Å². The van der Waals surface area contributed by atoms with Crippen LogP contribution in [0.15, 0.2) is 65.6 Å². The number of hydrogen-bond acceptors (Lipinski definition) is 3. The molecule has 1 fully saturated rings. The lowest BCUT2D eigenvalue weighted by Crippen LogP contribution is -2.42. The first kappa shape index (κ1) is 25.5. The summed E-state index contributed by atoms with van der Waals surface area (Å²) in [5, 5.41) is 1.54. The molecule has 4 nitrogen and oxygen atoms in total. The van der Waals surface area contributed by atoms with E-state index in [2.05, 4.69) is 9.62 Å². The highest BCUT2D eigenvalue weighted by atomic mass is 35.5. The van der Waals surface area contributed by atoms with E-state index in [1.165, 1.54) is 6.07 Å². The molecule has 0 saturated carbocycles. The quantitative estimate of drug-likeness (QED) is 0.341. The maximum absolute atomic E-state index is 13.4. The summed E-state index contributed by atoms with van der Waals surface area (Å²) in [6.45, 7) is 0.820. The van der Waals surface area contributed by atoms with E-state index in [-0.39, 0.29) is 28.4 Å². The van der Waals surface area contributed by atoms with E-state index in [9.17, 15) is 12.8 Å². The van der Waals surface area contributed by atoms with E-state index >= 15 is 0 Å². The molecular weight excluding hydrogens is 541 g/mol. The van der Waals surface area contributed by atoms with E-state index in [4.69, 9.17) is 46.4 Å². The zero-order valence-corrected chi connectivity index (χ0v) is 21.7. The summed E-state index contributed by atoms with van der Waals surface area (Å²) in [4.78, 5) is 2.14. The van der Waals surface area contributed by atoms with Gasteiger partial charge in [-0.3, -0.25) is 0 Å². The maximum atomic E-state index is 13.4. The number of sulfonamides is 1. The minimum atomic E-state index is -3.84. The molecular formula is C24H21Cl4FN2O2S. The van der Waals surface area contributed by atoms with E-state index in [0.717, 1.165) is 36.2 Å². The summed E-state index contributed by atoms with van der Waals surface area (Å²) >= 11 is 24.5. The lowest BCUT2D eigenvalue weighted by molar-refractivity contribution is 0.358. The van der Waals surface area contributed by atoms with E-state index in [1.807, 2.05) is 36.4 Å². The molecule has 3 aromatic rings. The van der Waals surface area contributed by atoms with Gasteiger partial charge >= 0.3 is 0 Å². The third-order valence-corrected chi connectivity index (χ3v) is 8.45. The van der Waals surface area contributed by atoms with Gasteiger partial charge in [0.25, 0.3) is 0 Å². The van der Waals surface area contributed by atoms with Crippen molar-refractivity contribution in [2.45, 2.75) is 23.8 Å². The molecule has 0 bridgehead atoms. The van der Waals surface area contributed by atoms with Crippen LogP contribution in [0.1, 0.15) is 24.4 Å². The summed E-state index contributed by atoms with van der Waals surface area (Å²) in [5.74, 6) is -0.637. The Balaban J connectivity index is 1.55. The average molecular weight is 562 g/mol. The van der Waals surface area contributed by atoms with Gasteiger partial charge < -0.3 is 4.90 Å². The molecule has 3 aromatic carbocycles. The van der Waals surface area contributed by atoms with Crippen molar-refractivity contribution >= 4 is 62.1 Å². The summed E-state index contributed by atoms with van der Waals surface area (Å²) in [6, 6.07) is 16.3. The molecule has 34 heavy (non-hydrogen) atoms. The number of nitrogens with zero attached hydrogens (tertiary/aromatic N) is 1. The van der Waals surface area contributed by atoms with Crippen LogP contribution in [0.3, 0.4) is 0 Å². The molecule has 2 unspecified atom stereocenters. The Morgan fingerprint density at radius 3 is 2.26 bits per heavy atom. The molecule has 4 rings (SSSR count). The van der Waals surface area contributed by atoms with Gasteiger partial charge in [-0.25, -0.2) is 17.5 Å². The first-order valence-corrected chi connectivity index (χ1v) is 13.6. The average Bonchev–Trinajstić information content (AvgIpc) is 2.80.